The predicted octanol–water partition coefficient (Wildman–Crippen LogP) is 4.24. The Morgan fingerprint density at radius 1 is 1.17 bits per heavy atom. The fourth-order valence-corrected chi connectivity index (χ4v) is 2.63. The Hall–Kier alpha value is -2.33. The molecule has 0 aromatic heterocycles. The number of carbonyl (C=O) groups is 1. The van der Waals surface area contributed by atoms with Crippen molar-refractivity contribution >= 4 is 28.9 Å². The molecule has 0 fully saturated rings. The predicted molar refractivity (Wildman–Crippen MR) is 91.6 cm³/mol. The van der Waals surface area contributed by atoms with Gasteiger partial charge in [-0.1, -0.05) is 47.1 Å². The maximum Gasteiger partial charge on any atom is 0.236 e. The summed E-state index contributed by atoms with van der Waals surface area (Å²) in [6, 6.07) is 15.1. The van der Waals surface area contributed by atoms with Crippen LogP contribution >= 0.6 is 11.6 Å². The summed E-state index contributed by atoms with van der Waals surface area (Å²) in [7, 11) is 0. The maximum atomic E-state index is 12.3. The van der Waals surface area contributed by atoms with E-state index in [4.69, 9.17) is 16.4 Å². The summed E-state index contributed by atoms with van der Waals surface area (Å²) >= 11 is 6.09. The van der Waals surface area contributed by atoms with Gasteiger partial charge in [0.2, 0.25) is 5.91 Å². The highest BCUT2D eigenvalue weighted by molar-refractivity contribution is 6.32. The molecule has 0 spiro atoms. The van der Waals surface area contributed by atoms with Crippen molar-refractivity contribution < 1.29 is 9.63 Å². The van der Waals surface area contributed by atoms with E-state index in [2.05, 4.69) is 10.5 Å². The number of hydrogen-bond donors (Lipinski definition) is 1. The summed E-state index contributed by atoms with van der Waals surface area (Å²) in [6.07, 6.45) is 0. The summed E-state index contributed by atoms with van der Waals surface area (Å²) in [5.74, 6) is -0.116. The van der Waals surface area contributed by atoms with Gasteiger partial charge >= 0.3 is 0 Å². The number of rotatable bonds is 3. The van der Waals surface area contributed by atoms with Crippen molar-refractivity contribution in [3.63, 3.8) is 0 Å². The molecule has 3 rings (SSSR count). The molecule has 0 radical (unpaired) electrons. The second-order valence-corrected chi connectivity index (χ2v) is 6.40. The van der Waals surface area contributed by atoms with E-state index >= 15 is 0 Å². The lowest BCUT2D eigenvalue weighted by molar-refractivity contribution is -0.121. The molecule has 1 heterocycles. The number of nitrogens with one attached hydrogen (secondary N) is 1. The summed E-state index contributed by atoms with van der Waals surface area (Å²) in [5, 5.41) is 7.73. The van der Waals surface area contributed by atoms with Crippen LogP contribution < -0.4 is 5.32 Å². The SMILES string of the molecule is CC1(C)C(=O)Nc2ccc(Cl)cc2C1=NOCc1ccccc1. The molecule has 0 atom stereocenters. The van der Waals surface area contributed by atoms with Crippen LogP contribution in [-0.2, 0) is 16.2 Å². The molecule has 23 heavy (non-hydrogen) atoms. The van der Waals surface area contributed by atoms with Crippen LogP contribution in [0.15, 0.2) is 53.7 Å². The van der Waals surface area contributed by atoms with Crippen LogP contribution in [0.5, 0.6) is 0 Å². The van der Waals surface area contributed by atoms with Gasteiger partial charge in [-0.3, -0.25) is 4.79 Å². The van der Waals surface area contributed by atoms with Crippen LogP contribution in [0.25, 0.3) is 0 Å². The fourth-order valence-electron chi connectivity index (χ4n) is 2.45. The molecule has 1 amide bonds. The molecule has 0 aliphatic carbocycles. The van der Waals surface area contributed by atoms with Gasteiger partial charge in [0.1, 0.15) is 12.3 Å². The molecule has 1 aliphatic rings. The minimum atomic E-state index is -0.797. The molecule has 1 aliphatic heterocycles. The highest BCUT2D eigenvalue weighted by Gasteiger charge is 2.40. The zero-order valence-electron chi connectivity index (χ0n) is 13.0. The van der Waals surface area contributed by atoms with Gasteiger partial charge in [-0.2, -0.15) is 0 Å². The standard InChI is InChI=1S/C18H17ClN2O2/c1-18(2)16(21-23-11-12-6-4-3-5-7-12)14-10-13(19)8-9-15(14)20-17(18)22/h3-10H,11H2,1-2H3,(H,20,22). The Morgan fingerprint density at radius 2 is 1.91 bits per heavy atom. The van der Waals surface area contributed by atoms with Crippen molar-refractivity contribution in [1.82, 2.24) is 0 Å². The molecule has 118 valence electrons. The second-order valence-electron chi connectivity index (χ2n) is 5.97. The molecule has 0 bridgehead atoms. The van der Waals surface area contributed by atoms with E-state index in [0.717, 1.165) is 11.1 Å². The first-order valence-electron chi connectivity index (χ1n) is 7.34. The molecule has 0 saturated carbocycles. The van der Waals surface area contributed by atoms with Crippen molar-refractivity contribution in [3.8, 4) is 0 Å². The third kappa shape index (κ3) is 3.08. The fraction of sp³-hybridized carbons (Fsp3) is 0.222. The summed E-state index contributed by atoms with van der Waals surface area (Å²) < 4.78 is 0. The minimum absolute atomic E-state index is 0.116. The van der Waals surface area contributed by atoms with E-state index in [0.29, 0.717) is 23.0 Å². The first-order valence-corrected chi connectivity index (χ1v) is 7.72. The van der Waals surface area contributed by atoms with Gasteiger partial charge < -0.3 is 10.2 Å². The third-order valence-electron chi connectivity index (χ3n) is 3.87. The highest BCUT2D eigenvalue weighted by Crippen LogP contribution is 2.35. The van der Waals surface area contributed by atoms with Gasteiger partial charge in [-0.15, -0.1) is 0 Å². The van der Waals surface area contributed by atoms with Gasteiger partial charge in [-0.25, -0.2) is 0 Å². The molecule has 2 aromatic carbocycles. The third-order valence-corrected chi connectivity index (χ3v) is 4.11. The Kier molecular flexibility index (Phi) is 4.09. The van der Waals surface area contributed by atoms with Crippen molar-refractivity contribution in [3.05, 3.63) is 64.7 Å². The lowest BCUT2D eigenvalue weighted by Crippen LogP contribution is -2.43. The molecule has 0 saturated heterocycles. The normalized spacial score (nSPS) is 17.5. The van der Waals surface area contributed by atoms with Gasteiger partial charge in [0, 0.05) is 10.6 Å². The number of carbonyl (C=O) groups excluding carboxylic acids is 1. The van der Waals surface area contributed by atoms with E-state index in [1.807, 2.05) is 44.2 Å². The molecule has 2 aromatic rings. The second kappa shape index (κ2) is 6.05. The van der Waals surface area contributed by atoms with Gasteiger partial charge in [0.15, 0.2) is 0 Å². The van der Waals surface area contributed by atoms with E-state index in [9.17, 15) is 4.79 Å². The van der Waals surface area contributed by atoms with Crippen molar-refractivity contribution in [2.45, 2.75) is 20.5 Å². The van der Waals surface area contributed by atoms with Crippen molar-refractivity contribution in [1.29, 1.82) is 0 Å². The number of halogens is 1. The van der Waals surface area contributed by atoms with Gasteiger partial charge in [-0.05, 0) is 37.6 Å². The molecule has 5 heteroatoms. The first-order chi connectivity index (χ1) is 11.0. The van der Waals surface area contributed by atoms with E-state index < -0.39 is 5.41 Å². The summed E-state index contributed by atoms with van der Waals surface area (Å²) in [6.45, 7) is 3.98. The zero-order chi connectivity index (χ0) is 16.4. The molecular formula is C18H17ClN2O2. The molecule has 4 nitrogen and oxygen atoms in total. The quantitative estimate of drug-likeness (QED) is 0.857. The lowest BCUT2D eigenvalue weighted by atomic mass is 9.79. The topological polar surface area (TPSA) is 50.7 Å². The number of benzene rings is 2. The number of amides is 1. The molecule has 1 N–H and O–H groups in total. The summed E-state index contributed by atoms with van der Waals surface area (Å²) in [5.41, 5.74) is 2.28. The van der Waals surface area contributed by atoms with Gasteiger partial charge in [0.25, 0.3) is 0 Å². The smallest absolute Gasteiger partial charge is 0.236 e. The first kappa shape index (κ1) is 15.6. The van der Waals surface area contributed by atoms with Crippen LogP contribution in [0.3, 0.4) is 0 Å². The minimum Gasteiger partial charge on any atom is -0.391 e. The molecule has 0 unspecified atom stereocenters. The van der Waals surface area contributed by atoms with E-state index in [1.165, 1.54) is 0 Å². The molecular weight excluding hydrogens is 312 g/mol. The van der Waals surface area contributed by atoms with Crippen LogP contribution in [0.1, 0.15) is 25.0 Å². The van der Waals surface area contributed by atoms with Crippen molar-refractivity contribution in [2.24, 2.45) is 10.6 Å². The van der Waals surface area contributed by atoms with Crippen LogP contribution in [0.4, 0.5) is 5.69 Å². The number of fused-ring (bicyclic) bond motifs is 1. The number of oxime groups is 1. The summed E-state index contributed by atoms with van der Waals surface area (Å²) in [4.78, 5) is 17.8. The van der Waals surface area contributed by atoms with E-state index in [-0.39, 0.29) is 5.91 Å². The average Bonchev–Trinajstić information content (AvgIpc) is 2.53. The maximum absolute atomic E-state index is 12.3. The highest BCUT2D eigenvalue weighted by atomic mass is 35.5. The van der Waals surface area contributed by atoms with Gasteiger partial charge in [0.05, 0.1) is 11.1 Å². The lowest BCUT2D eigenvalue weighted by Gasteiger charge is -2.31. The number of anilines is 1. The Bertz CT molecular complexity index is 770. The van der Waals surface area contributed by atoms with Crippen LogP contribution in [-0.4, -0.2) is 11.6 Å². The largest absolute Gasteiger partial charge is 0.391 e. The Labute approximate surface area is 140 Å². The Morgan fingerprint density at radius 3 is 2.65 bits per heavy atom. The van der Waals surface area contributed by atoms with E-state index in [1.54, 1.807) is 18.2 Å². The van der Waals surface area contributed by atoms with Crippen molar-refractivity contribution in [2.75, 3.05) is 5.32 Å². The number of hydrogen-bond acceptors (Lipinski definition) is 3. The average molecular weight is 329 g/mol. The Balaban J connectivity index is 1.93. The zero-order valence-corrected chi connectivity index (χ0v) is 13.7. The number of nitrogens with zero attached hydrogens (tertiary/aromatic N) is 1. The van der Waals surface area contributed by atoms with Crippen LogP contribution in [0, 0.1) is 5.41 Å². The van der Waals surface area contributed by atoms with Crippen LogP contribution in [0.2, 0.25) is 5.02 Å². The monoisotopic (exact) mass is 328 g/mol.